The fourth-order valence-electron chi connectivity index (χ4n) is 2.95. The van der Waals surface area contributed by atoms with Gasteiger partial charge in [-0.25, -0.2) is 4.79 Å². The Labute approximate surface area is 189 Å². The molecule has 168 valence electrons. The van der Waals surface area contributed by atoms with Gasteiger partial charge in [-0.2, -0.15) is 0 Å². The maximum Gasteiger partial charge on any atom is 0.341 e. The molecule has 32 heavy (non-hydrogen) atoms. The zero-order valence-electron chi connectivity index (χ0n) is 18.0. The molecule has 0 fully saturated rings. The summed E-state index contributed by atoms with van der Waals surface area (Å²) in [4.78, 5) is 37.1. The van der Waals surface area contributed by atoms with Crippen LogP contribution >= 0.6 is 11.3 Å². The Hall–Kier alpha value is -3.59. The van der Waals surface area contributed by atoms with E-state index < -0.39 is 17.8 Å². The number of rotatable bonds is 9. The standard InChI is InChI=1S/C23H24N2O6S/c1-4-10-29-23(28)18-14(3)19(20(24)26)32-22(18)25-21(27)17-9-8-16(31-17)12-30-15-7-5-6-13(2)11-15/h5-9,11H,4,10,12H2,1-3H3,(H2,24,26)(H,25,27). The third kappa shape index (κ3) is 5.36. The lowest BCUT2D eigenvalue weighted by Gasteiger charge is -2.07. The molecule has 0 saturated heterocycles. The van der Waals surface area contributed by atoms with Crippen molar-refractivity contribution in [3.8, 4) is 5.75 Å². The highest BCUT2D eigenvalue weighted by Gasteiger charge is 2.26. The van der Waals surface area contributed by atoms with Gasteiger partial charge in [-0.05, 0) is 55.7 Å². The third-order valence-electron chi connectivity index (χ3n) is 4.50. The van der Waals surface area contributed by atoms with Gasteiger partial charge in [0.05, 0.1) is 17.0 Å². The van der Waals surface area contributed by atoms with Crippen molar-refractivity contribution >= 4 is 34.1 Å². The smallest absolute Gasteiger partial charge is 0.341 e. The lowest BCUT2D eigenvalue weighted by molar-refractivity contribution is 0.0506. The van der Waals surface area contributed by atoms with E-state index in [1.165, 1.54) is 6.07 Å². The van der Waals surface area contributed by atoms with Crippen LogP contribution in [-0.4, -0.2) is 24.4 Å². The van der Waals surface area contributed by atoms with Gasteiger partial charge in [0.25, 0.3) is 11.8 Å². The molecule has 0 bridgehead atoms. The predicted molar refractivity (Wildman–Crippen MR) is 120 cm³/mol. The number of nitrogens with two attached hydrogens (primary N) is 1. The Kier molecular flexibility index (Phi) is 7.32. The Morgan fingerprint density at radius 3 is 2.62 bits per heavy atom. The number of hydrogen-bond acceptors (Lipinski definition) is 7. The molecule has 0 saturated carbocycles. The molecule has 0 atom stereocenters. The lowest BCUT2D eigenvalue weighted by Crippen LogP contribution is -2.15. The lowest BCUT2D eigenvalue weighted by atomic mass is 10.1. The van der Waals surface area contributed by atoms with E-state index in [4.69, 9.17) is 19.6 Å². The van der Waals surface area contributed by atoms with Gasteiger partial charge >= 0.3 is 5.97 Å². The largest absolute Gasteiger partial charge is 0.486 e. The molecule has 2 amide bonds. The Balaban J connectivity index is 1.74. The summed E-state index contributed by atoms with van der Waals surface area (Å²) >= 11 is 0.921. The van der Waals surface area contributed by atoms with Crippen molar-refractivity contribution in [3.63, 3.8) is 0 Å². The van der Waals surface area contributed by atoms with Gasteiger partial charge in [0.15, 0.2) is 5.76 Å². The molecule has 8 nitrogen and oxygen atoms in total. The van der Waals surface area contributed by atoms with Crippen LogP contribution < -0.4 is 15.8 Å². The molecule has 0 unspecified atom stereocenters. The number of esters is 1. The number of carbonyl (C=O) groups excluding carboxylic acids is 3. The Bertz CT molecular complexity index is 1150. The van der Waals surface area contributed by atoms with Crippen molar-refractivity contribution in [2.75, 3.05) is 11.9 Å². The van der Waals surface area contributed by atoms with Crippen molar-refractivity contribution in [1.29, 1.82) is 0 Å². The molecule has 3 N–H and O–H groups in total. The van der Waals surface area contributed by atoms with Crippen LogP contribution in [0.25, 0.3) is 0 Å². The first-order valence-corrected chi connectivity index (χ1v) is 10.8. The molecule has 2 heterocycles. The fourth-order valence-corrected chi connectivity index (χ4v) is 3.99. The monoisotopic (exact) mass is 456 g/mol. The number of carbonyl (C=O) groups is 3. The number of aryl methyl sites for hydroxylation is 1. The second kappa shape index (κ2) is 10.1. The van der Waals surface area contributed by atoms with Crippen molar-refractivity contribution in [3.05, 3.63) is 69.5 Å². The molecule has 0 aliphatic rings. The summed E-state index contributed by atoms with van der Waals surface area (Å²) in [5, 5.41) is 2.81. The van der Waals surface area contributed by atoms with E-state index in [1.807, 2.05) is 38.1 Å². The predicted octanol–water partition coefficient (Wildman–Crippen LogP) is 4.45. The summed E-state index contributed by atoms with van der Waals surface area (Å²) in [6.45, 7) is 5.78. The van der Waals surface area contributed by atoms with Gasteiger partial charge in [-0.3, -0.25) is 9.59 Å². The van der Waals surface area contributed by atoms with Crippen molar-refractivity contribution in [2.45, 2.75) is 33.8 Å². The quantitative estimate of drug-likeness (QED) is 0.459. The molecule has 3 rings (SSSR count). The van der Waals surface area contributed by atoms with Gasteiger partial charge in [0.2, 0.25) is 0 Å². The summed E-state index contributed by atoms with van der Waals surface area (Å²) < 4.78 is 16.5. The number of nitrogens with one attached hydrogen (secondary N) is 1. The maximum atomic E-state index is 12.7. The van der Waals surface area contributed by atoms with E-state index in [0.29, 0.717) is 23.5 Å². The van der Waals surface area contributed by atoms with Crippen LogP contribution in [0.1, 0.15) is 60.8 Å². The third-order valence-corrected chi connectivity index (χ3v) is 5.72. The minimum atomic E-state index is -0.689. The number of amides is 2. The number of furan rings is 1. The minimum Gasteiger partial charge on any atom is -0.486 e. The molecular weight excluding hydrogens is 432 g/mol. The van der Waals surface area contributed by atoms with Crippen molar-refractivity contribution in [1.82, 2.24) is 0 Å². The molecule has 0 radical (unpaired) electrons. The first kappa shape index (κ1) is 23.1. The number of ether oxygens (including phenoxy) is 2. The summed E-state index contributed by atoms with van der Waals surface area (Å²) in [5.41, 5.74) is 6.95. The van der Waals surface area contributed by atoms with E-state index in [2.05, 4.69) is 5.32 Å². The molecule has 0 aliphatic heterocycles. The minimum absolute atomic E-state index is 0.0346. The van der Waals surface area contributed by atoms with Crippen LogP contribution in [0.4, 0.5) is 5.00 Å². The van der Waals surface area contributed by atoms with Crippen molar-refractivity contribution < 1.29 is 28.3 Å². The van der Waals surface area contributed by atoms with Gasteiger partial charge < -0.3 is 24.9 Å². The summed E-state index contributed by atoms with van der Waals surface area (Å²) in [5.74, 6) is -0.711. The van der Waals surface area contributed by atoms with E-state index in [0.717, 1.165) is 16.9 Å². The van der Waals surface area contributed by atoms with Gasteiger partial charge in [-0.15, -0.1) is 11.3 Å². The SMILES string of the molecule is CCCOC(=O)c1c(NC(=O)c2ccc(COc3cccc(C)c3)o2)sc(C(N)=O)c1C. The summed E-state index contributed by atoms with van der Waals surface area (Å²) in [7, 11) is 0. The fraction of sp³-hybridized carbons (Fsp3) is 0.261. The Morgan fingerprint density at radius 2 is 1.94 bits per heavy atom. The number of benzene rings is 1. The second-order valence-corrected chi connectivity index (χ2v) is 8.11. The Morgan fingerprint density at radius 1 is 1.16 bits per heavy atom. The summed E-state index contributed by atoms with van der Waals surface area (Å²) in [6, 6.07) is 10.7. The molecule has 0 spiro atoms. The van der Waals surface area contributed by atoms with E-state index in [-0.39, 0.29) is 34.4 Å². The van der Waals surface area contributed by atoms with Crippen LogP contribution in [0.15, 0.2) is 40.8 Å². The van der Waals surface area contributed by atoms with Crippen molar-refractivity contribution in [2.24, 2.45) is 5.73 Å². The van der Waals surface area contributed by atoms with Gasteiger partial charge in [-0.1, -0.05) is 19.1 Å². The maximum absolute atomic E-state index is 12.7. The number of hydrogen-bond donors (Lipinski definition) is 2. The highest BCUT2D eigenvalue weighted by molar-refractivity contribution is 7.18. The van der Waals surface area contributed by atoms with E-state index in [9.17, 15) is 14.4 Å². The normalized spacial score (nSPS) is 10.6. The van der Waals surface area contributed by atoms with Gasteiger partial charge in [0, 0.05) is 0 Å². The molecule has 3 aromatic rings. The van der Waals surface area contributed by atoms with Gasteiger partial charge in [0.1, 0.15) is 23.1 Å². The number of anilines is 1. The van der Waals surface area contributed by atoms with Crippen LogP contribution in [0.2, 0.25) is 0 Å². The number of primary amides is 1. The van der Waals surface area contributed by atoms with E-state index >= 15 is 0 Å². The molecule has 0 aliphatic carbocycles. The van der Waals surface area contributed by atoms with Crippen LogP contribution in [0, 0.1) is 13.8 Å². The first-order valence-electron chi connectivity index (χ1n) is 10.00. The van der Waals surface area contributed by atoms with Crippen LogP contribution in [0.5, 0.6) is 5.75 Å². The highest BCUT2D eigenvalue weighted by atomic mass is 32.1. The first-order chi connectivity index (χ1) is 15.3. The van der Waals surface area contributed by atoms with Crippen LogP contribution in [0.3, 0.4) is 0 Å². The average molecular weight is 457 g/mol. The van der Waals surface area contributed by atoms with E-state index in [1.54, 1.807) is 13.0 Å². The zero-order chi connectivity index (χ0) is 23.3. The summed E-state index contributed by atoms with van der Waals surface area (Å²) in [6.07, 6.45) is 0.638. The second-order valence-electron chi connectivity index (χ2n) is 7.09. The highest BCUT2D eigenvalue weighted by Crippen LogP contribution is 2.34. The average Bonchev–Trinajstić information content (AvgIpc) is 3.35. The topological polar surface area (TPSA) is 121 Å². The van der Waals surface area contributed by atoms with Crippen LogP contribution in [-0.2, 0) is 11.3 Å². The number of thiophene rings is 1. The molecule has 2 aromatic heterocycles. The molecule has 9 heteroatoms. The molecule has 1 aromatic carbocycles. The zero-order valence-corrected chi connectivity index (χ0v) is 18.8. The molecular formula is C23H24N2O6S.